The number of amides is 1. The third-order valence-corrected chi connectivity index (χ3v) is 2.65. The summed E-state index contributed by atoms with van der Waals surface area (Å²) in [5.74, 6) is 1.20. The molecule has 94 valence electrons. The summed E-state index contributed by atoms with van der Waals surface area (Å²) in [7, 11) is 0. The van der Waals surface area contributed by atoms with Crippen LogP contribution < -0.4 is 11.1 Å². The molecule has 3 N–H and O–H groups in total. The lowest BCUT2D eigenvalue weighted by molar-refractivity contribution is -0.117. The molecule has 0 aromatic carbocycles. The second kappa shape index (κ2) is 5.82. The van der Waals surface area contributed by atoms with E-state index in [0.717, 1.165) is 5.56 Å². The summed E-state index contributed by atoms with van der Waals surface area (Å²) in [6, 6.07) is 0. The summed E-state index contributed by atoms with van der Waals surface area (Å²) in [6.07, 6.45) is 0.262. The minimum Gasteiger partial charge on any atom is -0.370 e. The van der Waals surface area contributed by atoms with Gasteiger partial charge in [-0.25, -0.2) is 9.97 Å². The molecule has 1 aromatic rings. The fraction of sp³-hybridized carbons (Fsp3) is 0.545. The van der Waals surface area contributed by atoms with Crippen LogP contribution in [-0.4, -0.2) is 22.4 Å². The lowest BCUT2D eigenvalue weighted by atomic mass is 10.2. The summed E-state index contributed by atoms with van der Waals surface area (Å²) in [5.41, 5.74) is 5.84. The average Bonchev–Trinajstić information content (AvgIpc) is 2.23. The van der Waals surface area contributed by atoms with Crippen LogP contribution in [0, 0.1) is 6.92 Å². The standard InChI is InChI=1S/C11H17ClN4O/c1-6(2)10-15-9(12)7(3)11(16-10)14-5-4-8(13)17/h6H,4-5H2,1-3H3,(H2,13,17)(H,14,15,16). The smallest absolute Gasteiger partial charge is 0.219 e. The van der Waals surface area contributed by atoms with Crippen LogP contribution in [0.4, 0.5) is 5.82 Å². The van der Waals surface area contributed by atoms with Gasteiger partial charge in [0.05, 0.1) is 0 Å². The van der Waals surface area contributed by atoms with Crippen molar-refractivity contribution < 1.29 is 4.79 Å². The van der Waals surface area contributed by atoms with Crippen molar-refractivity contribution in [2.24, 2.45) is 5.73 Å². The summed E-state index contributed by atoms with van der Waals surface area (Å²) in [4.78, 5) is 19.2. The molecule has 0 bridgehead atoms. The van der Waals surface area contributed by atoms with Crippen molar-refractivity contribution in [2.45, 2.75) is 33.1 Å². The Morgan fingerprint density at radius 1 is 1.47 bits per heavy atom. The van der Waals surface area contributed by atoms with Crippen LogP contribution in [-0.2, 0) is 4.79 Å². The SMILES string of the molecule is Cc1c(Cl)nc(C(C)C)nc1NCCC(N)=O. The Balaban J connectivity index is 2.86. The van der Waals surface area contributed by atoms with Gasteiger partial charge < -0.3 is 11.1 Å². The Morgan fingerprint density at radius 3 is 2.65 bits per heavy atom. The number of aromatic nitrogens is 2. The highest BCUT2D eigenvalue weighted by molar-refractivity contribution is 6.30. The lowest BCUT2D eigenvalue weighted by Crippen LogP contribution is -2.17. The van der Waals surface area contributed by atoms with Gasteiger partial charge in [0.2, 0.25) is 5.91 Å². The van der Waals surface area contributed by atoms with Gasteiger partial charge in [0.15, 0.2) is 0 Å². The van der Waals surface area contributed by atoms with E-state index in [1.165, 1.54) is 0 Å². The zero-order chi connectivity index (χ0) is 13.0. The first-order valence-corrected chi connectivity index (χ1v) is 5.85. The maximum absolute atomic E-state index is 10.6. The van der Waals surface area contributed by atoms with Gasteiger partial charge in [-0.3, -0.25) is 4.79 Å². The van der Waals surface area contributed by atoms with Crippen LogP contribution in [0.2, 0.25) is 5.15 Å². The van der Waals surface area contributed by atoms with E-state index in [1.807, 2.05) is 20.8 Å². The minimum absolute atomic E-state index is 0.199. The number of halogens is 1. The molecule has 0 aliphatic rings. The van der Waals surface area contributed by atoms with Crippen molar-refractivity contribution in [3.63, 3.8) is 0 Å². The molecule has 0 saturated heterocycles. The number of nitrogens with zero attached hydrogens (tertiary/aromatic N) is 2. The molecule has 0 spiro atoms. The van der Waals surface area contributed by atoms with Crippen LogP contribution >= 0.6 is 11.6 Å². The summed E-state index contributed by atoms with van der Waals surface area (Å²) >= 11 is 6.02. The molecular weight excluding hydrogens is 240 g/mol. The van der Waals surface area contributed by atoms with Crippen LogP contribution in [0.15, 0.2) is 0 Å². The van der Waals surface area contributed by atoms with E-state index >= 15 is 0 Å². The fourth-order valence-electron chi connectivity index (χ4n) is 1.24. The highest BCUT2D eigenvalue weighted by Gasteiger charge is 2.11. The fourth-order valence-corrected chi connectivity index (χ4v) is 1.42. The second-order valence-corrected chi connectivity index (χ2v) is 4.50. The zero-order valence-corrected chi connectivity index (χ0v) is 11.0. The molecule has 1 heterocycles. The molecule has 0 aliphatic heterocycles. The van der Waals surface area contributed by atoms with Crippen molar-refractivity contribution in [3.8, 4) is 0 Å². The first-order chi connectivity index (χ1) is 7.91. The Hall–Kier alpha value is -1.36. The summed E-state index contributed by atoms with van der Waals surface area (Å²) < 4.78 is 0. The van der Waals surface area contributed by atoms with Crippen LogP contribution in [0.5, 0.6) is 0 Å². The number of carbonyl (C=O) groups is 1. The molecule has 6 heteroatoms. The van der Waals surface area contributed by atoms with Gasteiger partial charge in [-0.2, -0.15) is 0 Å². The molecule has 0 unspecified atom stereocenters. The van der Waals surface area contributed by atoms with E-state index in [1.54, 1.807) is 0 Å². The lowest BCUT2D eigenvalue weighted by Gasteiger charge is -2.12. The Kier molecular flexibility index (Phi) is 4.69. The first-order valence-electron chi connectivity index (χ1n) is 5.48. The summed E-state index contributed by atoms with van der Waals surface area (Å²) in [6.45, 7) is 6.27. The normalized spacial score (nSPS) is 10.6. The Morgan fingerprint density at radius 2 is 2.12 bits per heavy atom. The monoisotopic (exact) mass is 256 g/mol. The van der Waals surface area contributed by atoms with Gasteiger partial charge in [-0.15, -0.1) is 0 Å². The van der Waals surface area contributed by atoms with E-state index in [-0.39, 0.29) is 18.2 Å². The van der Waals surface area contributed by atoms with Gasteiger partial charge >= 0.3 is 0 Å². The second-order valence-electron chi connectivity index (χ2n) is 4.14. The van der Waals surface area contributed by atoms with Crippen LogP contribution in [0.3, 0.4) is 0 Å². The van der Waals surface area contributed by atoms with E-state index in [0.29, 0.717) is 23.3 Å². The number of anilines is 1. The molecule has 17 heavy (non-hydrogen) atoms. The molecule has 1 rings (SSSR count). The highest BCUT2D eigenvalue weighted by atomic mass is 35.5. The van der Waals surface area contributed by atoms with Crippen molar-refractivity contribution in [1.29, 1.82) is 0 Å². The van der Waals surface area contributed by atoms with Crippen molar-refractivity contribution in [2.75, 3.05) is 11.9 Å². The largest absolute Gasteiger partial charge is 0.370 e. The van der Waals surface area contributed by atoms with Crippen LogP contribution in [0.1, 0.15) is 37.6 Å². The third kappa shape index (κ3) is 3.85. The molecule has 1 aromatic heterocycles. The Bertz CT molecular complexity index is 420. The number of rotatable bonds is 5. The van der Waals surface area contributed by atoms with E-state index in [2.05, 4.69) is 15.3 Å². The number of primary amides is 1. The molecule has 0 saturated carbocycles. The molecule has 0 fully saturated rings. The molecule has 5 nitrogen and oxygen atoms in total. The predicted molar refractivity (Wildman–Crippen MR) is 68.2 cm³/mol. The zero-order valence-electron chi connectivity index (χ0n) is 10.2. The van der Waals surface area contributed by atoms with Crippen molar-refractivity contribution in [1.82, 2.24) is 9.97 Å². The van der Waals surface area contributed by atoms with Crippen molar-refractivity contribution in [3.05, 3.63) is 16.5 Å². The third-order valence-electron chi connectivity index (χ3n) is 2.28. The average molecular weight is 257 g/mol. The van der Waals surface area contributed by atoms with E-state index in [9.17, 15) is 4.79 Å². The van der Waals surface area contributed by atoms with Gasteiger partial charge in [0.1, 0.15) is 16.8 Å². The molecular formula is C11H17ClN4O. The quantitative estimate of drug-likeness (QED) is 0.788. The molecule has 0 radical (unpaired) electrons. The van der Waals surface area contributed by atoms with E-state index in [4.69, 9.17) is 17.3 Å². The van der Waals surface area contributed by atoms with Gasteiger partial charge in [-0.05, 0) is 6.92 Å². The Labute approximate surface area is 106 Å². The number of hydrogen-bond acceptors (Lipinski definition) is 4. The van der Waals surface area contributed by atoms with Gasteiger partial charge in [-0.1, -0.05) is 25.4 Å². The van der Waals surface area contributed by atoms with Gasteiger partial charge in [0, 0.05) is 24.4 Å². The number of nitrogens with two attached hydrogens (primary N) is 1. The molecule has 0 aliphatic carbocycles. The molecule has 1 amide bonds. The van der Waals surface area contributed by atoms with Crippen LogP contribution in [0.25, 0.3) is 0 Å². The van der Waals surface area contributed by atoms with Gasteiger partial charge in [0.25, 0.3) is 0 Å². The maximum atomic E-state index is 10.6. The molecule has 0 atom stereocenters. The maximum Gasteiger partial charge on any atom is 0.219 e. The number of carbonyl (C=O) groups excluding carboxylic acids is 1. The predicted octanol–water partition coefficient (Wildman–Crippen LogP) is 1.85. The number of nitrogens with one attached hydrogen (secondary N) is 1. The van der Waals surface area contributed by atoms with Crippen molar-refractivity contribution >= 4 is 23.3 Å². The summed E-state index contributed by atoms with van der Waals surface area (Å²) in [5, 5.41) is 3.48. The highest BCUT2D eigenvalue weighted by Crippen LogP contribution is 2.22. The minimum atomic E-state index is -0.348. The van der Waals surface area contributed by atoms with E-state index < -0.39 is 0 Å². The topological polar surface area (TPSA) is 80.9 Å². The number of hydrogen-bond donors (Lipinski definition) is 2. The first kappa shape index (κ1) is 13.7.